The Labute approximate surface area is 120 Å². The molecule has 19 heavy (non-hydrogen) atoms. The van der Waals surface area contributed by atoms with Crippen LogP contribution in [0.5, 0.6) is 5.75 Å². The van der Waals surface area contributed by atoms with E-state index in [1.54, 1.807) is 36.4 Å². The lowest BCUT2D eigenvalue weighted by Gasteiger charge is -2.09. The number of nitrogens with two attached hydrogens (primary N) is 1. The third-order valence-electron chi connectivity index (χ3n) is 2.50. The topological polar surface area (TPSA) is 52.3 Å². The number of benzene rings is 2. The minimum atomic E-state index is -0.470. The third kappa shape index (κ3) is 3.63. The summed E-state index contributed by atoms with van der Waals surface area (Å²) in [7, 11) is 0. The molecule has 0 aliphatic heterocycles. The maximum absolute atomic E-state index is 11.1. The van der Waals surface area contributed by atoms with Gasteiger partial charge in [-0.3, -0.25) is 4.79 Å². The summed E-state index contributed by atoms with van der Waals surface area (Å²) in [5.74, 6) is 0.0290. The van der Waals surface area contributed by atoms with Crippen molar-refractivity contribution in [2.45, 2.75) is 6.61 Å². The molecule has 0 aliphatic carbocycles. The molecule has 0 fully saturated rings. The predicted octanol–water partition coefficient (Wildman–Crippen LogP) is 3.67. The summed E-state index contributed by atoms with van der Waals surface area (Å²) in [6, 6.07) is 11.9. The quantitative estimate of drug-likeness (QED) is 0.935. The molecule has 0 saturated heterocycles. The summed E-state index contributed by atoms with van der Waals surface area (Å²) in [6.07, 6.45) is 0. The van der Waals surface area contributed by atoms with Crippen molar-refractivity contribution >= 4 is 29.1 Å². The van der Waals surface area contributed by atoms with Crippen LogP contribution in [0.1, 0.15) is 15.9 Å². The number of hydrogen-bond acceptors (Lipinski definition) is 2. The van der Waals surface area contributed by atoms with Crippen LogP contribution in [0.2, 0.25) is 10.0 Å². The average Bonchev–Trinajstić information content (AvgIpc) is 2.40. The van der Waals surface area contributed by atoms with Crippen LogP contribution in [0.15, 0.2) is 42.5 Å². The first-order valence-electron chi connectivity index (χ1n) is 5.53. The van der Waals surface area contributed by atoms with Crippen molar-refractivity contribution in [3.8, 4) is 5.75 Å². The lowest BCUT2D eigenvalue weighted by atomic mass is 10.1. The molecule has 0 saturated carbocycles. The number of carbonyl (C=O) groups excluding carboxylic acids is 1. The van der Waals surface area contributed by atoms with E-state index in [4.69, 9.17) is 33.7 Å². The number of halogens is 2. The van der Waals surface area contributed by atoms with Gasteiger partial charge in [0.15, 0.2) is 0 Å². The summed E-state index contributed by atoms with van der Waals surface area (Å²) in [6.45, 7) is 0.279. The molecule has 5 heteroatoms. The van der Waals surface area contributed by atoms with Crippen LogP contribution in [0.4, 0.5) is 0 Å². The highest BCUT2D eigenvalue weighted by Gasteiger charge is 2.05. The van der Waals surface area contributed by atoms with Gasteiger partial charge in [0.25, 0.3) is 0 Å². The molecule has 0 radical (unpaired) electrons. The van der Waals surface area contributed by atoms with Crippen LogP contribution in [-0.4, -0.2) is 5.91 Å². The Morgan fingerprint density at radius 3 is 2.68 bits per heavy atom. The molecular weight excluding hydrogens is 285 g/mol. The summed E-state index contributed by atoms with van der Waals surface area (Å²) < 4.78 is 5.57. The Hall–Kier alpha value is -1.71. The van der Waals surface area contributed by atoms with Gasteiger partial charge in [-0.2, -0.15) is 0 Å². The fourth-order valence-corrected chi connectivity index (χ4v) is 1.90. The van der Waals surface area contributed by atoms with Crippen LogP contribution in [0.3, 0.4) is 0 Å². The number of rotatable bonds is 4. The van der Waals surface area contributed by atoms with Crippen LogP contribution in [0.25, 0.3) is 0 Å². The van der Waals surface area contributed by atoms with Crippen molar-refractivity contribution in [1.29, 1.82) is 0 Å². The van der Waals surface area contributed by atoms with Crippen LogP contribution in [-0.2, 0) is 6.61 Å². The molecule has 0 aromatic heterocycles. The molecule has 0 spiro atoms. The Kier molecular flexibility index (Phi) is 4.30. The van der Waals surface area contributed by atoms with E-state index < -0.39 is 5.91 Å². The van der Waals surface area contributed by atoms with E-state index in [0.29, 0.717) is 21.4 Å². The first-order valence-corrected chi connectivity index (χ1v) is 6.28. The minimum Gasteiger partial charge on any atom is -0.487 e. The summed E-state index contributed by atoms with van der Waals surface area (Å²) in [5, 5.41) is 1.03. The second-order valence-corrected chi connectivity index (χ2v) is 4.77. The second-order valence-electron chi connectivity index (χ2n) is 3.93. The zero-order valence-corrected chi connectivity index (χ0v) is 11.4. The van der Waals surface area contributed by atoms with E-state index in [1.165, 1.54) is 0 Å². The second kappa shape index (κ2) is 5.95. The zero-order chi connectivity index (χ0) is 13.8. The van der Waals surface area contributed by atoms with E-state index in [1.807, 2.05) is 6.07 Å². The number of amides is 1. The van der Waals surface area contributed by atoms with E-state index in [0.717, 1.165) is 5.56 Å². The molecule has 2 rings (SSSR count). The molecule has 0 heterocycles. The number of hydrogen-bond donors (Lipinski definition) is 1. The van der Waals surface area contributed by atoms with Gasteiger partial charge < -0.3 is 10.5 Å². The Balaban J connectivity index is 2.12. The summed E-state index contributed by atoms with van der Waals surface area (Å²) >= 11 is 11.9. The van der Waals surface area contributed by atoms with E-state index >= 15 is 0 Å². The zero-order valence-electron chi connectivity index (χ0n) is 9.90. The fraction of sp³-hybridized carbons (Fsp3) is 0.0714. The lowest BCUT2D eigenvalue weighted by molar-refractivity contribution is 0.1000. The van der Waals surface area contributed by atoms with Gasteiger partial charge in [-0.1, -0.05) is 35.3 Å². The normalized spacial score (nSPS) is 10.2. The highest BCUT2D eigenvalue weighted by Crippen LogP contribution is 2.28. The first kappa shape index (κ1) is 13.7. The van der Waals surface area contributed by atoms with Crippen molar-refractivity contribution in [2.24, 2.45) is 5.73 Å². The fourth-order valence-electron chi connectivity index (χ4n) is 1.56. The molecular formula is C14H11Cl2NO2. The molecule has 0 aliphatic rings. The summed E-state index contributed by atoms with van der Waals surface area (Å²) in [4.78, 5) is 11.1. The van der Waals surface area contributed by atoms with Gasteiger partial charge in [0, 0.05) is 16.7 Å². The molecule has 0 atom stereocenters. The molecule has 0 bridgehead atoms. The predicted molar refractivity (Wildman–Crippen MR) is 75.8 cm³/mol. The van der Waals surface area contributed by atoms with E-state index in [-0.39, 0.29) is 6.61 Å². The van der Waals surface area contributed by atoms with Crippen molar-refractivity contribution in [2.75, 3.05) is 0 Å². The average molecular weight is 296 g/mol. The number of primary amides is 1. The third-order valence-corrected chi connectivity index (χ3v) is 3.05. The van der Waals surface area contributed by atoms with Crippen molar-refractivity contribution < 1.29 is 9.53 Å². The van der Waals surface area contributed by atoms with E-state index in [2.05, 4.69) is 0 Å². The maximum atomic E-state index is 11.1. The van der Waals surface area contributed by atoms with Gasteiger partial charge in [-0.05, 0) is 29.8 Å². The minimum absolute atomic E-state index is 0.279. The van der Waals surface area contributed by atoms with Gasteiger partial charge in [0.05, 0.1) is 5.02 Å². The van der Waals surface area contributed by atoms with Gasteiger partial charge in [0.2, 0.25) is 5.91 Å². The van der Waals surface area contributed by atoms with Gasteiger partial charge in [-0.25, -0.2) is 0 Å². The molecule has 98 valence electrons. The monoisotopic (exact) mass is 295 g/mol. The molecule has 1 amide bonds. The largest absolute Gasteiger partial charge is 0.487 e. The number of carbonyl (C=O) groups is 1. The van der Waals surface area contributed by atoms with Crippen LogP contribution < -0.4 is 10.5 Å². The molecule has 2 N–H and O–H groups in total. The van der Waals surface area contributed by atoms with Gasteiger partial charge in [-0.15, -0.1) is 0 Å². The Morgan fingerprint density at radius 1 is 1.16 bits per heavy atom. The highest BCUT2D eigenvalue weighted by atomic mass is 35.5. The SMILES string of the molecule is NC(=O)c1cccc(COc2cc(Cl)ccc2Cl)c1. The smallest absolute Gasteiger partial charge is 0.248 e. The molecule has 0 unspecified atom stereocenters. The van der Waals surface area contributed by atoms with Gasteiger partial charge in [0.1, 0.15) is 12.4 Å². The maximum Gasteiger partial charge on any atom is 0.248 e. The molecule has 2 aromatic carbocycles. The van der Waals surface area contributed by atoms with Crippen LogP contribution >= 0.6 is 23.2 Å². The number of ether oxygens (including phenoxy) is 1. The molecule has 2 aromatic rings. The van der Waals surface area contributed by atoms with Crippen molar-refractivity contribution in [1.82, 2.24) is 0 Å². The summed E-state index contributed by atoms with van der Waals surface area (Å²) in [5.41, 5.74) is 6.48. The van der Waals surface area contributed by atoms with E-state index in [9.17, 15) is 4.79 Å². The Morgan fingerprint density at radius 2 is 1.95 bits per heavy atom. The molecule has 3 nitrogen and oxygen atoms in total. The van der Waals surface area contributed by atoms with Crippen molar-refractivity contribution in [3.05, 3.63) is 63.6 Å². The standard InChI is InChI=1S/C14H11Cl2NO2/c15-11-4-5-12(16)13(7-11)19-8-9-2-1-3-10(6-9)14(17)18/h1-7H,8H2,(H2,17,18). The van der Waals surface area contributed by atoms with Crippen molar-refractivity contribution in [3.63, 3.8) is 0 Å². The first-order chi connectivity index (χ1) is 9.06. The highest BCUT2D eigenvalue weighted by molar-refractivity contribution is 6.34. The lowest BCUT2D eigenvalue weighted by Crippen LogP contribution is -2.11. The van der Waals surface area contributed by atoms with Crippen LogP contribution in [0, 0.1) is 0 Å². The van der Waals surface area contributed by atoms with Gasteiger partial charge >= 0.3 is 0 Å². The Bertz CT molecular complexity index is 614.